The minimum absolute atomic E-state index is 0.128. The summed E-state index contributed by atoms with van der Waals surface area (Å²) in [6, 6.07) is 18.2. The van der Waals surface area contributed by atoms with Crippen molar-refractivity contribution in [3.8, 4) is 11.5 Å². The number of amides is 2. The molecule has 2 saturated heterocycles. The van der Waals surface area contributed by atoms with E-state index < -0.39 is 34.1 Å². The summed E-state index contributed by atoms with van der Waals surface area (Å²) in [5.41, 5.74) is 0.378. The van der Waals surface area contributed by atoms with Crippen LogP contribution in [0.3, 0.4) is 0 Å². The molecule has 6 rings (SSSR count). The van der Waals surface area contributed by atoms with E-state index in [0.29, 0.717) is 35.8 Å². The number of para-hydroxylation sites is 1. The van der Waals surface area contributed by atoms with Gasteiger partial charge in [-0.25, -0.2) is 13.4 Å². The summed E-state index contributed by atoms with van der Waals surface area (Å²) in [7, 11) is -4.00. The molecule has 2 aromatic carbocycles. The number of fused-ring (bicyclic) bond motifs is 1. The van der Waals surface area contributed by atoms with Gasteiger partial charge in [-0.2, -0.15) is 4.31 Å². The molecule has 3 unspecified atom stereocenters. The quantitative estimate of drug-likeness (QED) is 0.416. The largest absolute Gasteiger partial charge is 0.457 e. The first-order valence-corrected chi connectivity index (χ1v) is 15.1. The zero-order chi connectivity index (χ0) is 28.6. The van der Waals surface area contributed by atoms with E-state index in [-0.39, 0.29) is 29.8 Å². The Kier molecular flexibility index (Phi) is 7.31. The van der Waals surface area contributed by atoms with E-state index in [9.17, 15) is 22.8 Å². The van der Waals surface area contributed by atoms with Crippen molar-refractivity contribution < 1.29 is 27.5 Å². The smallest absolute Gasteiger partial charge is 0.261 e. The number of Topliss-reactive ketones (excluding diaryl/α,β-unsaturated/α-hetero) is 1. The fourth-order valence-corrected chi connectivity index (χ4v) is 7.17. The molecule has 1 aromatic heterocycles. The van der Waals surface area contributed by atoms with E-state index >= 15 is 0 Å². The van der Waals surface area contributed by atoms with Gasteiger partial charge in [0.25, 0.3) is 15.9 Å². The number of ketones is 1. The van der Waals surface area contributed by atoms with Gasteiger partial charge in [0, 0.05) is 18.3 Å². The predicted octanol–water partition coefficient (Wildman–Crippen LogP) is 3.02. The van der Waals surface area contributed by atoms with Crippen LogP contribution in [0.5, 0.6) is 11.5 Å². The average molecular weight is 575 g/mol. The molecule has 2 aliphatic heterocycles. The first-order chi connectivity index (χ1) is 19.8. The Morgan fingerprint density at radius 1 is 0.951 bits per heavy atom. The summed E-state index contributed by atoms with van der Waals surface area (Å²) >= 11 is 0. The number of likely N-dealkylation sites (tertiary alicyclic amines) is 1. The van der Waals surface area contributed by atoms with Crippen LogP contribution in [-0.2, 0) is 19.6 Å². The lowest BCUT2D eigenvalue weighted by Gasteiger charge is -2.28. The lowest BCUT2D eigenvalue weighted by atomic mass is 10.1. The van der Waals surface area contributed by atoms with Crippen LogP contribution < -0.4 is 10.1 Å². The highest BCUT2D eigenvalue weighted by molar-refractivity contribution is 7.89. The topological polar surface area (TPSA) is 126 Å². The van der Waals surface area contributed by atoms with E-state index in [1.54, 1.807) is 36.4 Å². The number of benzene rings is 2. The number of nitrogens with zero attached hydrogens (tertiary/aromatic N) is 3. The maximum atomic E-state index is 13.8. The molecule has 1 N–H and O–H groups in total. The van der Waals surface area contributed by atoms with E-state index in [0.717, 1.165) is 12.8 Å². The SMILES string of the molecule is O=C(NC(CC1CC1)C(=O)N1CCC2C1C(=O)CN2S(=O)(=O)c1ccccn1)c1ccc(Oc2ccccc2)cc1. The minimum atomic E-state index is -4.00. The number of hydrogen-bond acceptors (Lipinski definition) is 7. The number of nitrogens with one attached hydrogen (secondary N) is 1. The lowest BCUT2D eigenvalue weighted by Crippen LogP contribution is -2.52. The second-order valence-electron chi connectivity index (χ2n) is 10.7. The van der Waals surface area contributed by atoms with Crippen molar-refractivity contribution in [1.29, 1.82) is 0 Å². The predicted molar refractivity (Wildman–Crippen MR) is 149 cm³/mol. The number of carbonyl (C=O) groups excluding carboxylic acids is 3. The van der Waals surface area contributed by atoms with Gasteiger partial charge in [0.2, 0.25) is 5.91 Å². The van der Waals surface area contributed by atoms with E-state index in [1.165, 1.54) is 21.5 Å². The maximum absolute atomic E-state index is 13.8. The first-order valence-electron chi connectivity index (χ1n) is 13.7. The van der Waals surface area contributed by atoms with Crippen molar-refractivity contribution in [3.63, 3.8) is 0 Å². The van der Waals surface area contributed by atoms with E-state index in [4.69, 9.17) is 4.74 Å². The monoisotopic (exact) mass is 574 g/mol. The van der Waals surface area contributed by atoms with Gasteiger partial charge in [-0.3, -0.25) is 14.4 Å². The van der Waals surface area contributed by atoms with Crippen molar-refractivity contribution in [3.05, 3.63) is 84.6 Å². The van der Waals surface area contributed by atoms with Crippen molar-refractivity contribution in [2.75, 3.05) is 13.1 Å². The first kappa shape index (κ1) is 27.1. The highest BCUT2D eigenvalue weighted by Gasteiger charge is 2.54. The van der Waals surface area contributed by atoms with Crippen LogP contribution in [-0.4, -0.2) is 71.4 Å². The maximum Gasteiger partial charge on any atom is 0.261 e. The molecule has 3 atom stereocenters. The summed E-state index contributed by atoms with van der Waals surface area (Å²) < 4.78 is 33.5. The number of sulfonamides is 1. The Hall–Kier alpha value is -4.09. The van der Waals surface area contributed by atoms with E-state index in [2.05, 4.69) is 10.3 Å². The third-order valence-electron chi connectivity index (χ3n) is 7.84. The van der Waals surface area contributed by atoms with Gasteiger partial charge < -0.3 is 15.0 Å². The lowest BCUT2D eigenvalue weighted by molar-refractivity contribution is -0.138. The minimum Gasteiger partial charge on any atom is -0.457 e. The number of ether oxygens (including phenoxy) is 1. The Morgan fingerprint density at radius 3 is 2.34 bits per heavy atom. The zero-order valence-corrected chi connectivity index (χ0v) is 23.1. The molecule has 1 aliphatic carbocycles. The fourth-order valence-electron chi connectivity index (χ4n) is 5.61. The average Bonchev–Trinajstić information content (AvgIpc) is 3.60. The molecule has 0 spiro atoms. The molecule has 3 fully saturated rings. The second kappa shape index (κ2) is 11.1. The van der Waals surface area contributed by atoms with Gasteiger partial charge in [-0.1, -0.05) is 37.1 Å². The summed E-state index contributed by atoms with van der Waals surface area (Å²) in [5.74, 6) is 0.494. The van der Waals surface area contributed by atoms with Crippen LogP contribution in [0.25, 0.3) is 0 Å². The summed E-state index contributed by atoms with van der Waals surface area (Å²) in [5, 5.41) is 2.76. The van der Waals surface area contributed by atoms with Crippen LogP contribution in [0.4, 0.5) is 0 Å². The highest BCUT2D eigenvalue weighted by Crippen LogP contribution is 2.37. The summed E-state index contributed by atoms with van der Waals surface area (Å²) in [4.78, 5) is 45.5. The third kappa shape index (κ3) is 5.59. The number of pyridine rings is 1. The zero-order valence-electron chi connectivity index (χ0n) is 22.3. The standard InChI is InChI=1S/C30H30N4O6S/c35-26-19-34(41(38,39)27-8-4-5-16-31-27)25-15-17-33(28(25)26)30(37)24(18-20-9-10-20)32-29(36)21-11-13-23(14-12-21)40-22-6-2-1-3-7-22/h1-8,11-14,16,20,24-25,28H,9-10,15,17-19H2,(H,32,36). The third-order valence-corrected chi connectivity index (χ3v) is 9.62. The van der Waals surface area contributed by atoms with Gasteiger partial charge in [0.05, 0.1) is 12.6 Å². The van der Waals surface area contributed by atoms with Gasteiger partial charge >= 0.3 is 0 Å². The Labute approximate surface area is 238 Å². The van der Waals surface area contributed by atoms with Crippen LogP contribution in [0, 0.1) is 5.92 Å². The normalized spacial score (nSPS) is 21.4. The van der Waals surface area contributed by atoms with Gasteiger partial charge in [0.15, 0.2) is 10.8 Å². The van der Waals surface area contributed by atoms with Gasteiger partial charge in [0.1, 0.15) is 23.6 Å². The molecule has 1 saturated carbocycles. The van der Waals surface area contributed by atoms with Crippen molar-refractivity contribution in [2.45, 2.75) is 48.8 Å². The van der Waals surface area contributed by atoms with Crippen molar-refractivity contribution in [1.82, 2.24) is 19.5 Å². The van der Waals surface area contributed by atoms with Gasteiger partial charge in [-0.05, 0) is 67.3 Å². The molecule has 0 radical (unpaired) electrons. The highest BCUT2D eigenvalue weighted by atomic mass is 32.2. The molecule has 11 heteroatoms. The molecule has 0 bridgehead atoms. The molecule has 3 aliphatic rings. The molecule has 212 valence electrons. The molecule has 2 amide bonds. The number of carbonyl (C=O) groups is 3. The molecule has 41 heavy (non-hydrogen) atoms. The van der Waals surface area contributed by atoms with Crippen molar-refractivity contribution in [2.24, 2.45) is 5.92 Å². The van der Waals surface area contributed by atoms with Gasteiger partial charge in [-0.15, -0.1) is 0 Å². The van der Waals surface area contributed by atoms with Crippen LogP contribution >= 0.6 is 0 Å². The molecule has 3 heterocycles. The number of rotatable bonds is 9. The van der Waals surface area contributed by atoms with Crippen LogP contribution in [0.2, 0.25) is 0 Å². The molecule has 3 aromatic rings. The molecular weight excluding hydrogens is 544 g/mol. The number of hydrogen-bond donors (Lipinski definition) is 1. The number of aromatic nitrogens is 1. The summed E-state index contributed by atoms with van der Waals surface area (Å²) in [6.45, 7) is -0.0776. The van der Waals surface area contributed by atoms with E-state index in [1.807, 2.05) is 30.3 Å². The summed E-state index contributed by atoms with van der Waals surface area (Å²) in [6.07, 6.45) is 4.15. The molecular formula is C30H30N4O6S. The second-order valence-corrected chi connectivity index (χ2v) is 12.5. The Bertz CT molecular complexity index is 1540. The van der Waals surface area contributed by atoms with Crippen LogP contribution in [0.15, 0.2) is 84.0 Å². The Balaban J connectivity index is 1.16. The Morgan fingerprint density at radius 2 is 1.66 bits per heavy atom. The van der Waals surface area contributed by atoms with Crippen molar-refractivity contribution >= 4 is 27.6 Å². The van der Waals surface area contributed by atoms with Crippen LogP contribution in [0.1, 0.15) is 36.0 Å². The fraction of sp³-hybridized carbons (Fsp3) is 0.333. The molecule has 10 nitrogen and oxygen atoms in total.